The molecule has 10 heteroatoms. The number of piperidine rings is 1. The van der Waals surface area contributed by atoms with Gasteiger partial charge in [-0.2, -0.15) is 18.2 Å². The molecule has 0 aliphatic carbocycles. The first kappa shape index (κ1) is 29.9. The van der Waals surface area contributed by atoms with Crippen molar-refractivity contribution in [2.75, 3.05) is 29.9 Å². The molecule has 0 bridgehead atoms. The Morgan fingerprint density at radius 1 is 1.00 bits per heavy atom. The molecule has 0 radical (unpaired) electrons. The average Bonchev–Trinajstić information content (AvgIpc) is 3.46. The molecule has 0 spiro atoms. The van der Waals surface area contributed by atoms with Crippen molar-refractivity contribution >= 4 is 23.6 Å². The van der Waals surface area contributed by atoms with Gasteiger partial charge >= 0.3 is 12.1 Å². The number of carbonyl (C=O) groups is 2. The van der Waals surface area contributed by atoms with Crippen LogP contribution in [0.3, 0.4) is 0 Å². The molecule has 1 aliphatic heterocycles. The molecular formula is C33H32F3N3O4. The third-order valence-corrected chi connectivity index (χ3v) is 7.54. The second-order valence-corrected chi connectivity index (χ2v) is 10.5. The maximum atomic E-state index is 13.9. The number of benzene rings is 3. The van der Waals surface area contributed by atoms with Crippen molar-refractivity contribution in [2.24, 2.45) is 0 Å². The van der Waals surface area contributed by atoms with E-state index in [0.717, 1.165) is 29.5 Å². The van der Waals surface area contributed by atoms with E-state index < -0.39 is 23.5 Å². The first-order valence-corrected chi connectivity index (χ1v) is 14.2. The number of hydrogen-bond acceptors (Lipinski definition) is 6. The lowest BCUT2D eigenvalue weighted by Gasteiger charge is -2.31. The van der Waals surface area contributed by atoms with Gasteiger partial charge in [0.15, 0.2) is 5.69 Å². The number of anilines is 2. The van der Waals surface area contributed by atoms with Crippen molar-refractivity contribution in [3.05, 3.63) is 101 Å². The van der Waals surface area contributed by atoms with E-state index in [9.17, 15) is 22.8 Å². The zero-order valence-corrected chi connectivity index (χ0v) is 23.9. The first-order valence-electron chi connectivity index (χ1n) is 14.2. The molecule has 0 unspecified atom stereocenters. The van der Waals surface area contributed by atoms with E-state index in [-0.39, 0.29) is 18.4 Å². The van der Waals surface area contributed by atoms with E-state index in [0.29, 0.717) is 36.9 Å². The van der Waals surface area contributed by atoms with Crippen LogP contribution in [0.4, 0.5) is 24.9 Å². The van der Waals surface area contributed by atoms with E-state index >= 15 is 0 Å². The highest BCUT2D eigenvalue weighted by Crippen LogP contribution is 2.37. The predicted octanol–water partition coefficient (Wildman–Crippen LogP) is 7.41. The number of nitrogens with one attached hydrogen (secondary N) is 1. The zero-order valence-electron chi connectivity index (χ0n) is 23.9. The predicted molar refractivity (Wildman–Crippen MR) is 157 cm³/mol. The van der Waals surface area contributed by atoms with Crippen LogP contribution in [0.1, 0.15) is 58.6 Å². The normalized spacial score (nSPS) is 14.0. The topological polar surface area (TPSA) is 84.7 Å². The standard InChI is InChI=1S/C33H32F3N3O4/c1-3-42-28(40)20-22-9-11-24(12-10-22)26-13-14-27(21(2)19-26)37-31(41)29-30(33(34,35)36)38-32(43-29)39-17-15-25(16-18-39)23-7-5-4-6-8-23/h4-14,19,25H,3,15-18,20H2,1-2H3,(H,37,41). The summed E-state index contributed by atoms with van der Waals surface area (Å²) < 4.78 is 52.2. The number of rotatable bonds is 8. The fourth-order valence-corrected chi connectivity index (χ4v) is 5.28. The summed E-state index contributed by atoms with van der Waals surface area (Å²) in [5.74, 6) is -1.89. The van der Waals surface area contributed by atoms with Gasteiger partial charge in [0.2, 0.25) is 5.76 Å². The summed E-state index contributed by atoms with van der Waals surface area (Å²) in [6, 6.07) is 22.4. The van der Waals surface area contributed by atoms with Crippen LogP contribution in [-0.4, -0.2) is 36.6 Å². The molecular weight excluding hydrogens is 559 g/mol. The van der Waals surface area contributed by atoms with Crippen LogP contribution < -0.4 is 10.2 Å². The van der Waals surface area contributed by atoms with Crippen LogP contribution in [0.2, 0.25) is 0 Å². The second kappa shape index (κ2) is 12.7. The zero-order chi connectivity index (χ0) is 30.6. The van der Waals surface area contributed by atoms with Gasteiger partial charge in [0.05, 0.1) is 13.0 Å². The van der Waals surface area contributed by atoms with Crippen molar-refractivity contribution in [3.63, 3.8) is 0 Å². The Labute approximate surface area is 247 Å². The van der Waals surface area contributed by atoms with E-state index in [2.05, 4.69) is 22.4 Å². The highest BCUT2D eigenvalue weighted by Gasteiger charge is 2.42. The molecule has 1 saturated heterocycles. The number of aryl methyl sites for hydroxylation is 1. The summed E-state index contributed by atoms with van der Waals surface area (Å²) in [4.78, 5) is 30.2. The lowest BCUT2D eigenvalue weighted by atomic mass is 9.90. The maximum absolute atomic E-state index is 13.9. The lowest BCUT2D eigenvalue weighted by Crippen LogP contribution is -2.33. The monoisotopic (exact) mass is 591 g/mol. The number of halogens is 3. The van der Waals surface area contributed by atoms with Crippen LogP contribution >= 0.6 is 0 Å². The smallest absolute Gasteiger partial charge is 0.437 e. The molecule has 2 heterocycles. The summed E-state index contributed by atoms with van der Waals surface area (Å²) in [5.41, 5.74) is 3.38. The van der Waals surface area contributed by atoms with Gasteiger partial charge < -0.3 is 19.4 Å². The maximum Gasteiger partial charge on any atom is 0.437 e. The van der Waals surface area contributed by atoms with Gasteiger partial charge in [-0.25, -0.2) is 0 Å². The number of carbonyl (C=O) groups excluding carboxylic acids is 2. The number of alkyl halides is 3. The number of amides is 1. The molecule has 1 fully saturated rings. The molecule has 1 aromatic heterocycles. The number of hydrogen-bond donors (Lipinski definition) is 1. The number of aromatic nitrogens is 1. The van der Waals surface area contributed by atoms with Crippen LogP contribution in [0.25, 0.3) is 11.1 Å². The van der Waals surface area contributed by atoms with Crippen LogP contribution in [0, 0.1) is 6.92 Å². The number of ether oxygens (including phenoxy) is 1. The summed E-state index contributed by atoms with van der Waals surface area (Å²) in [6.45, 7) is 4.75. The van der Waals surface area contributed by atoms with Crippen molar-refractivity contribution < 1.29 is 31.9 Å². The van der Waals surface area contributed by atoms with Gasteiger partial charge in [-0.3, -0.25) is 9.59 Å². The summed E-state index contributed by atoms with van der Waals surface area (Å²) in [6.07, 6.45) is -3.23. The van der Waals surface area contributed by atoms with E-state index in [4.69, 9.17) is 9.15 Å². The molecule has 43 heavy (non-hydrogen) atoms. The van der Waals surface area contributed by atoms with Gasteiger partial charge in [-0.05, 0) is 72.6 Å². The minimum atomic E-state index is -4.87. The molecule has 7 nitrogen and oxygen atoms in total. The molecule has 3 aromatic carbocycles. The molecule has 4 aromatic rings. The first-order chi connectivity index (χ1) is 20.6. The van der Waals surface area contributed by atoms with Crippen molar-refractivity contribution in [2.45, 2.75) is 45.2 Å². The average molecular weight is 592 g/mol. The largest absolute Gasteiger partial charge is 0.466 e. The second-order valence-electron chi connectivity index (χ2n) is 10.5. The van der Waals surface area contributed by atoms with E-state index in [1.807, 2.05) is 48.5 Å². The third-order valence-electron chi connectivity index (χ3n) is 7.54. The molecule has 0 saturated carbocycles. The van der Waals surface area contributed by atoms with Gasteiger partial charge in [-0.15, -0.1) is 0 Å². The van der Waals surface area contributed by atoms with Gasteiger partial charge in [-0.1, -0.05) is 60.7 Å². The van der Waals surface area contributed by atoms with Crippen molar-refractivity contribution in [3.8, 4) is 11.1 Å². The fraction of sp³-hybridized carbons (Fsp3) is 0.303. The Morgan fingerprint density at radius 3 is 2.30 bits per heavy atom. The molecule has 0 atom stereocenters. The minimum Gasteiger partial charge on any atom is -0.466 e. The Balaban J connectivity index is 1.29. The molecule has 1 N–H and O–H groups in total. The van der Waals surface area contributed by atoms with Gasteiger partial charge in [0.25, 0.3) is 11.9 Å². The molecule has 1 aliphatic rings. The Hall–Kier alpha value is -4.60. The number of nitrogens with zero attached hydrogens (tertiary/aromatic N) is 2. The van der Waals surface area contributed by atoms with Crippen LogP contribution in [-0.2, 0) is 22.1 Å². The lowest BCUT2D eigenvalue weighted by molar-refractivity contribution is -0.142. The quantitative estimate of drug-likeness (QED) is 0.215. The number of oxazole rings is 1. The molecule has 1 amide bonds. The number of esters is 1. The Kier molecular flexibility index (Phi) is 8.84. The van der Waals surface area contributed by atoms with Crippen LogP contribution in [0.5, 0.6) is 0 Å². The van der Waals surface area contributed by atoms with Crippen LogP contribution in [0.15, 0.2) is 77.2 Å². The SMILES string of the molecule is CCOC(=O)Cc1ccc(-c2ccc(NC(=O)c3oc(N4CCC(c5ccccc5)CC4)nc3C(F)(F)F)c(C)c2)cc1. The minimum absolute atomic E-state index is 0.174. The highest BCUT2D eigenvalue weighted by atomic mass is 19.4. The van der Waals surface area contributed by atoms with Crippen molar-refractivity contribution in [1.29, 1.82) is 0 Å². The van der Waals surface area contributed by atoms with Crippen molar-refractivity contribution in [1.82, 2.24) is 4.98 Å². The highest BCUT2D eigenvalue weighted by molar-refractivity contribution is 6.03. The Morgan fingerprint density at radius 2 is 1.67 bits per heavy atom. The van der Waals surface area contributed by atoms with Gasteiger partial charge in [0.1, 0.15) is 0 Å². The Bertz CT molecular complexity index is 1580. The molecule has 5 rings (SSSR count). The summed E-state index contributed by atoms with van der Waals surface area (Å²) >= 11 is 0. The van der Waals surface area contributed by atoms with Gasteiger partial charge in [0, 0.05) is 18.8 Å². The third kappa shape index (κ3) is 7.07. The summed E-state index contributed by atoms with van der Waals surface area (Å²) in [7, 11) is 0. The van der Waals surface area contributed by atoms with E-state index in [1.54, 1.807) is 30.9 Å². The van der Waals surface area contributed by atoms with E-state index in [1.165, 1.54) is 5.56 Å². The molecule has 224 valence electrons. The summed E-state index contributed by atoms with van der Waals surface area (Å²) in [5, 5.41) is 2.56. The fourth-order valence-electron chi connectivity index (χ4n) is 5.28.